The molecular weight excluding hydrogens is 214 g/mol. The third kappa shape index (κ3) is 2.66. The summed E-state index contributed by atoms with van der Waals surface area (Å²) in [6.45, 7) is 3.15. The molecule has 1 atom stereocenters. The molecule has 1 aromatic rings. The molecule has 1 unspecified atom stereocenters. The molecule has 0 aromatic carbocycles. The quantitative estimate of drug-likeness (QED) is 0.621. The Balaban J connectivity index is 1.98. The van der Waals surface area contributed by atoms with Crippen molar-refractivity contribution in [2.45, 2.75) is 45.1 Å². The van der Waals surface area contributed by atoms with Gasteiger partial charge in [0.1, 0.15) is 0 Å². The summed E-state index contributed by atoms with van der Waals surface area (Å²) in [5, 5.41) is 3.48. The number of aryl methyl sites for hydroxylation is 2. The van der Waals surface area contributed by atoms with Gasteiger partial charge in [0.05, 0.1) is 0 Å². The summed E-state index contributed by atoms with van der Waals surface area (Å²) in [5.41, 5.74) is 1.59. The average Bonchev–Trinajstić information content (AvgIpc) is 2.73. The van der Waals surface area contributed by atoms with Crippen LogP contribution in [0.15, 0.2) is 6.07 Å². The molecule has 1 aromatic heterocycles. The molecule has 0 amide bonds. The topological polar surface area (TPSA) is 12.0 Å². The van der Waals surface area contributed by atoms with Crippen LogP contribution in [0.3, 0.4) is 0 Å². The van der Waals surface area contributed by atoms with Gasteiger partial charge in [-0.1, -0.05) is 0 Å². The van der Waals surface area contributed by atoms with Crippen LogP contribution in [0.25, 0.3) is 0 Å². The molecule has 2 heteroatoms. The number of hydrogen-bond donors (Lipinski definition) is 1. The fraction of sp³-hybridized carbons (Fsp3) is 0.571. The van der Waals surface area contributed by atoms with Crippen molar-refractivity contribution in [1.82, 2.24) is 5.32 Å². The molecule has 0 aliphatic heterocycles. The molecule has 0 saturated carbocycles. The molecule has 1 nitrogen and oxygen atoms in total. The smallest absolute Gasteiger partial charge is 0.0386 e. The van der Waals surface area contributed by atoms with Crippen molar-refractivity contribution in [3.63, 3.8) is 0 Å². The zero-order valence-electron chi connectivity index (χ0n) is 9.88. The van der Waals surface area contributed by atoms with Gasteiger partial charge in [-0.05, 0) is 44.2 Å². The third-order valence-corrected chi connectivity index (χ3v) is 4.58. The van der Waals surface area contributed by atoms with E-state index in [-0.39, 0.29) is 0 Å². The first kappa shape index (κ1) is 11.7. The van der Waals surface area contributed by atoms with E-state index in [1.807, 2.05) is 11.3 Å². The van der Waals surface area contributed by atoms with Crippen LogP contribution in [-0.4, -0.2) is 6.54 Å². The minimum absolute atomic E-state index is 0.448. The van der Waals surface area contributed by atoms with Crippen molar-refractivity contribution in [2.24, 2.45) is 0 Å². The van der Waals surface area contributed by atoms with E-state index < -0.39 is 0 Å². The molecule has 1 aliphatic carbocycles. The second-order valence-electron chi connectivity index (χ2n) is 4.43. The molecule has 0 radical (unpaired) electrons. The third-order valence-electron chi connectivity index (χ3n) is 3.16. The summed E-state index contributed by atoms with van der Waals surface area (Å²) in [4.78, 5) is 3.09. The van der Waals surface area contributed by atoms with E-state index in [4.69, 9.17) is 6.42 Å². The Morgan fingerprint density at radius 3 is 3.06 bits per heavy atom. The number of thiophene rings is 1. The highest BCUT2D eigenvalue weighted by Gasteiger charge is 2.15. The van der Waals surface area contributed by atoms with Gasteiger partial charge in [0.2, 0.25) is 0 Å². The highest BCUT2D eigenvalue weighted by Crippen LogP contribution is 2.32. The van der Waals surface area contributed by atoms with Gasteiger partial charge in [-0.15, -0.1) is 23.7 Å². The van der Waals surface area contributed by atoms with Gasteiger partial charge < -0.3 is 5.32 Å². The van der Waals surface area contributed by atoms with Gasteiger partial charge >= 0.3 is 0 Å². The average molecular weight is 233 g/mol. The van der Waals surface area contributed by atoms with Gasteiger partial charge in [0, 0.05) is 28.8 Å². The number of fused-ring (bicyclic) bond motifs is 1. The lowest BCUT2D eigenvalue weighted by Crippen LogP contribution is -2.18. The summed E-state index contributed by atoms with van der Waals surface area (Å²) >= 11 is 1.99. The van der Waals surface area contributed by atoms with E-state index in [0.717, 1.165) is 13.0 Å². The Bertz CT molecular complexity index is 362. The number of terminal acetylenes is 1. The molecular formula is C14H19NS. The van der Waals surface area contributed by atoms with Gasteiger partial charge in [-0.25, -0.2) is 0 Å². The van der Waals surface area contributed by atoms with E-state index in [2.05, 4.69) is 24.2 Å². The number of hydrogen-bond acceptors (Lipinski definition) is 2. The predicted molar refractivity (Wildman–Crippen MR) is 70.8 cm³/mol. The Labute approximate surface area is 102 Å². The fourth-order valence-corrected chi connectivity index (χ4v) is 3.47. The van der Waals surface area contributed by atoms with Crippen molar-refractivity contribution >= 4 is 11.3 Å². The highest BCUT2D eigenvalue weighted by molar-refractivity contribution is 7.12. The lowest BCUT2D eigenvalue weighted by atomic mass is 9.99. The summed E-state index contributed by atoms with van der Waals surface area (Å²) in [7, 11) is 0. The van der Waals surface area contributed by atoms with E-state index in [1.54, 1.807) is 10.4 Å². The van der Waals surface area contributed by atoms with Gasteiger partial charge in [0.15, 0.2) is 0 Å². The zero-order chi connectivity index (χ0) is 11.4. The van der Waals surface area contributed by atoms with Crippen LogP contribution in [0.2, 0.25) is 0 Å². The Morgan fingerprint density at radius 1 is 1.50 bits per heavy atom. The summed E-state index contributed by atoms with van der Waals surface area (Å²) in [6, 6.07) is 2.84. The molecule has 1 N–H and O–H groups in total. The van der Waals surface area contributed by atoms with Crippen molar-refractivity contribution in [3.8, 4) is 12.3 Å². The van der Waals surface area contributed by atoms with Gasteiger partial charge in [-0.3, -0.25) is 0 Å². The largest absolute Gasteiger partial charge is 0.309 e. The summed E-state index contributed by atoms with van der Waals surface area (Å²) < 4.78 is 0. The Hall–Kier alpha value is -0.780. The number of rotatable bonds is 4. The maximum Gasteiger partial charge on any atom is 0.0386 e. The molecule has 0 saturated heterocycles. The molecule has 16 heavy (non-hydrogen) atoms. The van der Waals surface area contributed by atoms with Crippen LogP contribution in [0.1, 0.15) is 47.5 Å². The van der Waals surface area contributed by atoms with E-state index in [9.17, 15) is 0 Å². The number of nitrogens with one attached hydrogen (secondary N) is 1. The second kappa shape index (κ2) is 5.52. The minimum Gasteiger partial charge on any atom is -0.309 e. The SMILES string of the molecule is C#CCCNC(C)c1cc2c(s1)CCCC2. The Kier molecular flexibility index (Phi) is 4.04. The molecule has 86 valence electrons. The first-order valence-electron chi connectivity index (χ1n) is 6.09. The lowest BCUT2D eigenvalue weighted by molar-refractivity contribution is 0.592. The van der Waals surface area contributed by atoms with Crippen molar-refractivity contribution in [1.29, 1.82) is 0 Å². The first-order chi connectivity index (χ1) is 7.81. The second-order valence-corrected chi connectivity index (χ2v) is 5.60. The maximum atomic E-state index is 5.25. The highest BCUT2D eigenvalue weighted by atomic mass is 32.1. The van der Waals surface area contributed by atoms with Gasteiger partial charge in [0.25, 0.3) is 0 Å². The maximum absolute atomic E-state index is 5.25. The summed E-state index contributed by atoms with van der Waals surface area (Å²) in [6.07, 6.45) is 11.4. The standard InChI is InChI=1S/C14H19NS/c1-3-4-9-15-11(2)14-10-12-7-5-6-8-13(12)16-14/h1,10-11,15H,4-9H2,2H3. The molecule has 0 spiro atoms. The van der Waals surface area contributed by atoms with Crippen LogP contribution in [-0.2, 0) is 12.8 Å². The van der Waals surface area contributed by atoms with Crippen molar-refractivity contribution in [3.05, 3.63) is 21.4 Å². The molecule has 1 heterocycles. The molecule has 2 rings (SSSR count). The molecule has 0 bridgehead atoms. The van der Waals surface area contributed by atoms with Gasteiger partial charge in [-0.2, -0.15) is 0 Å². The van der Waals surface area contributed by atoms with Crippen molar-refractivity contribution in [2.75, 3.05) is 6.54 Å². The first-order valence-corrected chi connectivity index (χ1v) is 6.91. The predicted octanol–water partition coefficient (Wildman–Crippen LogP) is 3.30. The van der Waals surface area contributed by atoms with Crippen LogP contribution >= 0.6 is 11.3 Å². The molecule has 0 fully saturated rings. The van der Waals surface area contributed by atoms with E-state index in [1.165, 1.54) is 30.6 Å². The Morgan fingerprint density at radius 2 is 2.31 bits per heavy atom. The summed E-state index contributed by atoms with van der Waals surface area (Å²) in [5.74, 6) is 2.66. The van der Waals surface area contributed by atoms with Crippen LogP contribution in [0.4, 0.5) is 0 Å². The van der Waals surface area contributed by atoms with Crippen LogP contribution in [0.5, 0.6) is 0 Å². The minimum atomic E-state index is 0.448. The van der Waals surface area contributed by atoms with Crippen molar-refractivity contribution < 1.29 is 0 Å². The monoisotopic (exact) mass is 233 g/mol. The fourth-order valence-electron chi connectivity index (χ4n) is 2.19. The lowest BCUT2D eigenvalue weighted by Gasteiger charge is -2.10. The van der Waals surface area contributed by atoms with E-state index >= 15 is 0 Å². The van der Waals surface area contributed by atoms with Crippen LogP contribution in [0, 0.1) is 12.3 Å². The van der Waals surface area contributed by atoms with Crippen LogP contribution < -0.4 is 5.32 Å². The van der Waals surface area contributed by atoms with E-state index in [0.29, 0.717) is 6.04 Å². The zero-order valence-corrected chi connectivity index (χ0v) is 10.7. The molecule has 1 aliphatic rings. The normalized spacial score (nSPS) is 16.5.